The van der Waals surface area contributed by atoms with Crippen LogP contribution in [0.1, 0.15) is 5.56 Å². The van der Waals surface area contributed by atoms with Gasteiger partial charge in [0.15, 0.2) is 0 Å². The van der Waals surface area contributed by atoms with E-state index in [9.17, 15) is 13.2 Å². The molecule has 0 aliphatic carbocycles. The van der Waals surface area contributed by atoms with Crippen LogP contribution in [0.4, 0.5) is 13.2 Å². The van der Waals surface area contributed by atoms with Gasteiger partial charge in [-0.05, 0) is 24.3 Å². The minimum Gasteiger partial charge on any atom is -0.292 e. The van der Waals surface area contributed by atoms with Crippen LogP contribution in [0.2, 0.25) is 0 Å². The predicted molar refractivity (Wildman–Crippen MR) is 99.4 cm³/mol. The average molecular weight is 364 g/mol. The van der Waals surface area contributed by atoms with Crippen LogP contribution in [0.3, 0.4) is 0 Å². The van der Waals surface area contributed by atoms with Crippen molar-refractivity contribution >= 4 is 0 Å². The van der Waals surface area contributed by atoms with Gasteiger partial charge in [-0.3, -0.25) is 4.57 Å². The van der Waals surface area contributed by atoms with Gasteiger partial charge < -0.3 is 0 Å². The third kappa shape index (κ3) is 3.36. The van der Waals surface area contributed by atoms with Crippen molar-refractivity contribution in [2.75, 3.05) is 0 Å². The van der Waals surface area contributed by atoms with Crippen molar-refractivity contribution in [3.8, 4) is 28.3 Å². The molecule has 5 heteroatoms. The smallest absolute Gasteiger partial charge is 0.292 e. The number of halogens is 3. The molecule has 3 aromatic carbocycles. The lowest BCUT2D eigenvalue weighted by molar-refractivity contribution is -0.137. The van der Waals surface area contributed by atoms with Crippen LogP contribution in [-0.4, -0.2) is 9.55 Å². The van der Waals surface area contributed by atoms with Gasteiger partial charge in [0.2, 0.25) is 0 Å². The second-order valence-electron chi connectivity index (χ2n) is 6.08. The number of hydrogen-bond donors (Lipinski definition) is 0. The molecule has 1 aromatic heterocycles. The Morgan fingerprint density at radius 3 is 1.85 bits per heavy atom. The monoisotopic (exact) mass is 364 g/mol. The maximum absolute atomic E-state index is 12.9. The Kier molecular flexibility index (Phi) is 4.28. The van der Waals surface area contributed by atoms with Gasteiger partial charge in [-0.1, -0.05) is 60.7 Å². The molecule has 4 rings (SSSR count). The zero-order chi connectivity index (χ0) is 18.9. The molecule has 0 aliphatic rings. The highest BCUT2D eigenvalue weighted by Crippen LogP contribution is 2.33. The molecule has 0 fully saturated rings. The number of benzene rings is 3. The molecule has 0 N–H and O–H groups in total. The highest BCUT2D eigenvalue weighted by Gasteiger charge is 2.30. The molecule has 2 nitrogen and oxygen atoms in total. The summed E-state index contributed by atoms with van der Waals surface area (Å²) in [6, 6.07) is 24.5. The molecule has 0 aliphatic heterocycles. The number of rotatable bonds is 3. The number of para-hydroxylation sites is 1. The van der Waals surface area contributed by atoms with Crippen LogP contribution >= 0.6 is 0 Å². The van der Waals surface area contributed by atoms with Crippen LogP contribution in [0.5, 0.6) is 0 Å². The van der Waals surface area contributed by atoms with E-state index in [0.29, 0.717) is 11.4 Å². The summed E-state index contributed by atoms with van der Waals surface area (Å²) in [5, 5.41) is 0. The van der Waals surface area contributed by atoms with E-state index in [1.165, 1.54) is 12.1 Å². The Morgan fingerprint density at radius 2 is 1.26 bits per heavy atom. The SMILES string of the molecule is FC(F)(F)c1ccc(-c2ncc(-c3ccccc3)n2-c2ccccc2)cc1. The second-order valence-corrected chi connectivity index (χ2v) is 6.08. The van der Waals surface area contributed by atoms with Gasteiger partial charge in [0.25, 0.3) is 0 Å². The number of alkyl halides is 3. The molecule has 0 bridgehead atoms. The van der Waals surface area contributed by atoms with Crippen LogP contribution in [-0.2, 0) is 6.18 Å². The molecule has 27 heavy (non-hydrogen) atoms. The fourth-order valence-corrected chi connectivity index (χ4v) is 3.01. The van der Waals surface area contributed by atoms with Crippen molar-refractivity contribution in [2.45, 2.75) is 6.18 Å². The summed E-state index contributed by atoms with van der Waals surface area (Å²) in [5.41, 5.74) is 2.69. The van der Waals surface area contributed by atoms with Gasteiger partial charge in [-0.2, -0.15) is 13.2 Å². The molecule has 0 spiro atoms. The van der Waals surface area contributed by atoms with Gasteiger partial charge in [-0.25, -0.2) is 4.98 Å². The zero-order valence-corrected chi connectivity index (χ0v) is 14.2. The largest absolute Gasteiger partial charge is 0.416 e. The molecule has 0 saturated heterocycles. The number of imidazole rings is 1. The minimum absolute atomic E-state index is 0.591. The summed E-state index contributed by atoms with van der Waals surface area (Å²) in [6.45, 7) is 0. The topological polar surface area (TPSA) is 17.8 Å². The highest BCUT2D eigenvalue weighted by atomic mass is 19.4. The lowest BCUT2D eigenvalue weighted by atomic mass is 10.1. The zero-order valence-electron chi connectivity index (χ0n) is 14.2. The quantitative estimate of drug-likeness (QED) is 0.422. The maximum atomic E-state index is 12.9. The Bertz CT molecular complexity index is 1030. The lowest BCUT2D eigenvalue weighted by Gasteiger charge is -2.13. The van der Waals surface area contributed by atoms with Crippen LogP contribution < -0.4 is 0 Å². The van der Waals surface area contributed by atoms with Gasteiger partial charge in [0.1, 0.15) is 5.82 Å². The van der Waals surface area contributed by atoms with Crippen LogP contribution in [0.25, 0.3) is 28.3 Å². The average Bonchev–Trinajstić information content (AvgIpc) is 3.14. The third-order valence-electron chi connectivity index (χ3n) is 4.32. The lowest BCUT2D eigenvalue weighted by Crippen LogP contribution is -2.04. The Hall–Kier alpha value is -3.34. The molecular formula is C22H15F3N2. The predicted octanol–water partition coefficient (Wildman–Crippen LogP) is 6.23. The summed E-state index contributed by atoms with van der Waals surface area (Å²) < 4.78 is 40.6. The second kappa shape index (κ2) is 6.76. The van der Waals surface area contributed by atoms with Gasteiger partial charge in [0.05, 0.1) is 17.5 Å². The molecule has 0 atom stereocenters. The van der Waals surface area contributed by atoms with Crippen LogP contribution in [0.15, 0.2) is 91.1 Å². The van der Waals surface area contributed by atoms with Gasteiger partial charge >= 0.3 is 6.18 Å². The van der Waals surface area contributed by atoms with Crippen LogP contribution in [0, 0.1) is 0 Å². The van der Waals surface area contributed by atoms with E-state index in [2.05, 4.69) is 4.98 Å². The first-order valence-corrected chi connectivity index (χ1v) is 8.40. The van der Waals surface area contributed by atoms with E-state index < -0.39 is 11.7 Å². The molecule has 4 aromatic rings. The summed E-state index contributed by atoms with van der Waals surface area (Å²) >= 11 is 0. The Balaban J connectivity index is 1.88. The van der Waals surface area contributed by atoms with Crippen molar-refractivity contribution in [1.82, 2.24) is 9.55 Å². The van der Waals surface area contributed by atoms with Gasteiger partial charge in [-0.15, -0.1) is 0 Å². The van der Waals surface area contributed by atoms with Crippen molar-refractivity contribution in [3.63, 3.8) is 0 Å². The maximum Gasteiger partial charge on any atom is 0.416 e. The normalized spacial score (nSPS) is 11.5. The first-order valence-electron chi connectivity index (χ1n) is 8.40. The molecule has 0 unspecified atom stereocenters. The number of hydrogen-bond acceptors (Lipinski definition) is 1. The number of aromatic nitrogens is 2. The molecular weight excluding hydrogens is 349 g/mol. The highest BCUT2D eigenvalue weighted by molar-refractivity contribution is 5.69. The van der Waals surface area contributed by atoms with E-state index in [4.69, 9.17) is 0 Å². The van der Waals surface area contributed by atoms with Crippen molar-refractivity contribution in [1.29, 1.82) is 0 Å². The summed E-state index contributed by atoms with van der Waals surface area (Å²) in [5.74, 6) is 0.591. The van der Waals surface area contributed by atoms with E-state index >= 15 is 0 Å². The fraction of sp³-hybridized carbons (Fsp3) is 0.0455. The standard InChI is InChI=1S/C22H15F3N2/c23-22(24,25)18-13-11-17(12-14-18)21-26-15-20(16-7-3-1-4-8-16)27(21)19-9-5-2-6-10-19/h1-15H. The molecule has 0 radical (unpaired) electrons. The van der Waals surface area contributed by atoms with E-state index in [1.807, 2.05) is 65.2 Å². The molecule has 134 valence electrons. The summed E-state index contributed by atoms with van der Waals surface area (Å²) in [4.78, 5) is 4.51. The van der Waals surface area contributed by atoms with Crippen molar-refractivity contribution < 1.29 is 13.2 Å². The number of nitrogens with zero attached hydrogens (tertiary/aromatic N) is 2. The molecule has 0 amide bonds. The van der Waals surface area contributed by atoms with E-state index in [1.54, 1.807) is 6.20 Å². The Labute approximate surface area is 154 Å². The van der Waals surface area contributed by atoms with Crippen molar-refractivity contribution in [3.05, 3.63) is 96.7 Å². The third-order valence-corrected chi connectivity index (χ3v) is 4.32. The fourth-order valence-electron chi connectivity index (χ4n) is 3.01. The first-order chi connectivity index (χ1) is 13.0. The van der Waals surface area contributed by atoms with Crippen molar-refractivity contribution in [2.24, 2.45) is 0 Å². The molecule has 1 heterocycles. The summed E-state index contributed by atoms with van der Waals surface area (Å²) in [7, 11) is 0. The first kappa shape index (κ1) is 17.1. The Morgan fingerprint density at radius 1 is 0.667 bits per heavy atom. The van der Waals surface area contributed by atoms with Gasteiger partial charge in [0, 0.05) is 16.8 Å². The van der Waals surface area contributed by atoms with E-state index in [0.717, 1.165) is 29.1 Å². The summed E-state index contributed by atoms with van der Waals surface area (Å²) in [6.07, 6.45) is -2.61. The minimum atomic E-state index is -4.36. The van der Waals surface area contributed by atoms with E-state index in [-0.39, 0.29) is 0 Å². The molecule has 0 saturated carbocycles.